The lowest BCUT2D eigenvalue weighted by molar-refractivity contribution is 0.0206. The monoisotopic (exact) mass is 417 g/mol. The van der Waals surface area contributed by atoms with E-state index in [1.807, 2.05) is 0 Å². The van der Waals surface area contributed by atoms with Crippen LogP contribution in [-0.2, 0) is 9.47 Å². The van der Waals surface area contributed by atoms with Crippen LogP contribution in [0.1, 0.15) is 12.8 Å². The van der Waals surface area contributed by atoms with E-state index in [1.165, 1.54) is 6.20 Å². The van der Waals surface area contributed by atoms with Gasteiger partial charge in [-0.3, -0.25) is 4.79 Å². The average molecular weight is 419 g/mol. The zero-order valence-electron chi connectivity index (χ0n) is 13.9. The van der Waals surface area contributed by atoms with Crippen LogP contribution in [0.4, 0.5) is 5.69 Å². The van der Waals surface area contributed by atoms with Crippen LogP contribution in [0.3, 0.4) is 0 Å². The first-order chi connectivity index (χ1) is 12.6. The maximum absolute atomic E-state index is 12.1. The van der Waals surface area contributed by atoms with Gasteiger partial charge in [0.1, 0.15) is 5.02 Å². The van der Waals surface area contributed by atoms with Crippen LogP contribution in [-0.4, -0.2) is 42.2 Å². The number of hydrogen-bond acceptors (Lipinski definition) is 5. The number of ether oxygens (including phenoxy) is 2. The fourth-order valence-electron chi connectivity index (χ4n) is 2.62. The second-order valence-electron chi connectivity index (χ2n) is 5.82. The van der Waals surface area contributed by atoms with Gasteiger partial charge in [0.25, 0.3) is 5.56 Å². The highest BCUT2D eigenvalue weighted by molar-refractivity contribution is 6.41. The maximum Gasteiger partial charge on any atom is 0.291 e. The van der Waals surface area contributed by atoms with Crippen molar-refractivity contribution < 1.29 is 9.47 Å². The SMILES string of the molecule is O=c1c(Cl)c(Cl)cnn1-c1ccc(NCCOCC2CCCO2)c(Cl)c1. The number of halogens is 3. The second kappa shape index (κ2) is 9.06. The summed E-state index contributed by atoms with van der Waals surface area (Å²) < 4.78 is 12.2. The van der Waals surface area contributed by atoms with E-state index in [0.717, 1.165) is 29.8 Å². The molecule has 9 heteroatoms. The van der Waals surface area contributed by atoms with Crippen molar-refractivity contribution in [3.05, 3.63) is 49.8 Å². The summed E-state index contributed by atoms with van der Waals surface area (Å²) in [6, 6.07) is 5.13. The van der Waals surface area contributed by atoms with Crippen LogP contribution in [0.5, 0.6) is 0 Å². The first-order valence-corrected chi connectivity index (χ1v) is 9.36. The molecule has 1 unspecified atom stereocenters. The Morgan fingerprint density at radius 2 is 2.15 bits per heavy atom. The molecule has 2 aromatic rings. The summed E-state index contributed by atoms with van der Waals surface area (Å²) in [6.07, 6.45) is 3.69. The van der Waals surface area contributed by atoms with E-state index in [0.29, 0.717) is 30.5 Å². The summed E-state index contributed by atoms with van der Waals surface area (Å²) in [4.78, 5) is 12.1. The molecule has 1 aromatic carbocycles. The van der Waals surface area contributed by atoms with Crippen LogP contribution in [0.25, 0.3) is 5.69 Å². The van der Waals surface area contributed by atoms with Crippen molar-refractivity contribution in [2.75, 3.05) is 31.7 Å². The van der Waals surface area contributed by atoms with Crippen LogP contribution in [0.2, 0.25) is 15.1 Å². The van der Waals surface area contributed by atoms with Gasteiger partial charge in [-0.1, -0.05) is 34.8 Å². The Morgan fingerprint density at radius 3 is 2.88 bits per heavy atom. The molecule has 1 saturated heterocycles. The number of nitrogens with one attached hydrogen (secondary N) is 1. The third kappa shape index (κ3) is 4.69. The quantitative estimate of drug-likeness (QED) is 0.693. The molecular weight excluding hydrogens is 401 g/mol. The summed E-state index contributed by atoms with van der Waals surface area (Å²) in [6.45, 7) is 2.59. The van der Waals surface area contributed by atoms with E-state index < -0.39 is 5.56 Å². The Bertz CT molecular complexity index is 823. The molecule has 0 spiro atoms. The lowest BCUT2D eigenvalue weighted by Crippen LogP contribution is -2.21. The molecule has 0 aliphatic carbocycles. The number of nitrogens with zero attached hydrogens (tertiary/aromatic N) is 2. The number of benzene rings is 1. The summed E-state index contributed by atoms with van der Waals surface area (Å²) in [5, 5.41) is 7.67. The van der Waals surface area contributed by atoms with E-state index in [1.54, 1.807) is 18.2 Å². The first kappa shape index (κ1) is 19.5. The lowest BCUT2D eigenvalue weighted by atomic mass is 10.2. The molecular formula is C17H18Cl3N3O3. The summed E-state index contributed by atoms with van der Waals surface area (Å²) in [5.74, 6) is 0. The number of aromatic nitrogens is 2. The Labute approximate surface area is 166 Å². The van der Waals surface area contributed by atoms with Crippen LogP contribution < -0.4 is 10.9 Å². The zero-order chi connectivity index (χ0) is 18.5. The van der Waals surface area contributed by atoms with Gasteiger partial charge in [-0.2, -0.15) is 9.78 Å². The molecule has 1 N–H and O–H groups in total. The minimum absolute atomic E-state index is 0.0802. The summed E-state index contributed by atoms with van der Waals surface area (Å²) in [7, 11) is 0. The Balaban J connectivity index is 1.57. The van der Waals surface area contributed by atoms with E-state index in [9.17, 15) is 4.79 Å². The molecule has 1 fully saturated rings. The van der Waals surface area contributed by atoms with E-state index >= 15 is 0 Å². The van der Waals surface area contributed by atoms with Crippen molar-refractivity contribution in [3.8, 4) is 5.69 Å². The topological polar surface area (TPSA) is 65.4 Å². The Kier molecular flexibility index (Phi) is 6.78. The number of anilines is 1. The van der Waals surface area contributed by atoms with Gasteiger partial charge in [-0.15, -0.1) is 0 Å². The zero-order valence-corrected chi connectivity index (χ0v) is 16.2. The minimum Gasteiger partial charge on any atom is -0.382 e. The normalized spacial score (nSPS) is 16.8. The lowest BCUT2D eigenvalue weighted by Gasteiger charge is -2.13. The van der Waals surface area contributed by atoms with Gasteiger partial charge in [0.2, 0.25) is 0 Å². The minimum atomic E-state index is -0.501. The van der Waals surface area contributed by atoms with Crippen molar-refractivity contribution in [2.45, 2.75) is 18.9 Å². The molecule has 0 saturated carbocycles. The fourth-order valence-corrected chi connectivity index (χ4v) is 3.12. The highest BCUT2D eigenvalue weighted by atomic mass is 35.5. The predicted octanol–water partition coefficient (Wildman–Crippen LogP) is 3.80. The maximum atomic E-state index is 12.1. The first-order valence-electron chi connectivity index (χ1n) is 8.22. The molecule has 0 amide bonds. The van der Waals surface area contributed by atoms with Crippen molar-refractivity contribution >= 4 is 40.5 Å². The Morgan fingerprint density at radius 1 is 1.31 bits per heavy atom. The van der Waals surface area contributed by atoms with Crippen molar-refractivity contribution in [1.82, 2.24) is 9.78 Å². The van der Waals surface area contributed by atoms with E-state index in [-0.39, 0.29) is 16.1 Å². The average Bonchev–Trinajstić information content (AvgIpc) is 3.14. The number of hydrogen-bond donors (Lipinski definition) is 1. The van der Waals surface area contributed by atoms with Crippen molar-refractivity contribution in [1.29, 1.82) is 0 Å². The van der Waals surface area contributed by atoms with Crippen LogP contribution in [0, 0.1) is 0 Å². The number of rotatable bonds is 7. The standard InChI is InChI=1S/C17H18Cl3N3O3/c18-13-8-11(23-17(24)16(20)14(19)9-22-23)3-4-15(13)21-5-7-25-10-12-2-1-6-26-12/h3-4,8-9,12,21H,1-2,5-7,10H2. The summed E-state index contributed by atoms with van der Waals surface area (Å²) >= 11 is 18.0. The Hall–Kier alpha value is -1.31. The van der Waals surface area contributed by atoms with Gasteiger partial charge < -0.3 is 14.8 Å². The largest absolute Gasteiger partial charge is 0.382 e. The van der Waals surface area contributed by atoms with E-state index in [4.69, 9.17) is 44.3 Å². The smallest absolute Gasteiger partial charge is 0.291 e. The molecule has 1 atom stereocenters. The summed E-state index contributed by atoms with van der Waals surface area (Å²) in [5.41, 5.74) is 0.737. The predicted molar refractivity (Wildman–Crippen MR) is 103 cm³/mol. The highest BCUT2D eigenvalue weighted by Gasteiger charge is 2.15. The molecule has 1 aliphatic heterocycles. The van der Waals surface area contributed by atoms with Gasteiger partial charge in [0, 0.05) is 13.2 Å². The van der Waals surface area contributed by atoms with E-state index in [2.05, 4.69) is 10.4 Å². The third-order valence-electron chi connectivity index (χ3n) is 3.96. The molecule has 6 nitrogen and oxygen atoms in total. The van der Waals surface area contributed by atoms with Crippen LogP contribution in [0.15, 0.2) is 29.2 Å². The molecule has 3 rings (SSSR count). The highest BCUT2D eigenvalue weighted by Crippen LogP contribution is 2.24. The van der Waals surface area contributed by atoms with Gasteiger partial charge in [-0.25, -0.2) is 0 Å². The molecule has 0 radical (unpaired) electrons. The van der Waals surface area contributed by atoms with Crippen LogP contribution >= 0.6 is 34.8 Å². The molecule has 1 aliphatic rings. The van der Waals surface area contributed by atoms with Gasteiger partial charge >= 0.3 is 0 Å². The second-order valence-corrected chi connectivity index (χ2v) is 7.02. The molecule has 2 heterocycles. The third-order valence-corrected chi connectivity index (χ3v) is 5.02. The molecule has 1 aromatic heterocycles. The fraction of sp³-hybridized carbons (Fsp3) is 0.412. The van der Waals surface area contributed by atoms with Gasteiger partial charge in [0.15, 0.2) is 0 Å². The van der Waals surface area contributed by atoms with Crippen molar-refractivity contribution in [3.63, 3.8) is 0 Å². The van der Waals surface area contributed by atoms with Gasteiger partial charge in [0.05, 0.1) is 46.9 Å². The van der Waals surface area contributed by atoms with Crippen molar-refractivity contribution in [2.24, 2.45) is 0 Å². The molecule has 0 bridgehead atoms. The van der Waals surface area contributed by atoms with Gasteiger partial charge in [-0.05, 0) is 31.0 Å². The molecule has 26 heavy (non-hydrogen) atoms. The molecule has 140 valence electrons.